The molecule has 0 aromatic heterocycles. The molecule has 4 rings (SSSR count). The monoisotopic (exact) mass is 340 g/mol. The Morgan fingerprint density at radius 3 is 2.52 bits per heavy atom. The molecular formula is C16H14N5O4+. The number of amidine groups is 1. The molecule has 1 aromatic carbocycles. The first kappa shape index (κ1) is 15.5. The number of non-ortho nitro benzene ring substituents is 1. The van der Waals surface area contributed by atoms with Gasteiger partial charge in [-0.2, -0.15) is 10.5 Å². The molecule has 0 radical (unpaired) electrons. The average molecular weight is 340 g/mol. The Hall–Kier alpha value is -3.01. The molecule has 0 unspecified atom stereocenters. The van der Waals surface area contributed by atoms with E-state index >= 15 is 0 Å². The lowest BCUT2D eigenvalue weighted by atomic mass is 9.94. The number of nitrogens with zero attached hydrogens (tertiary/aromatic N) is 3. The maximum Gasteiger partial charge on any atom is 0.343 e. The maximum atomic E-state index is 10.9. The smallest absolute Gasteiger partial charge is 0.311 e. The predicted octanol–water partition coefficient (Wildman–Crippen LogP) is -0.748. The topological polar surface area (TPSA) is 149 Å². The highest BCUT2D eigenvalue weighted by Gasteiger charge is 2.97. The number of ether oxygens (including phenoxy) is 2. The van der Waals surface area contributed by atoms with E-state index in [0.717, 1.165) is 0 Å². The Labute approximate surface area is 142 Å². The fraction of sp³-hybridized carbons (Fsp3) is 0.438. The molecule has 1 spiro atoms. The SMILES string of the molecule is C[C@H]1CO[C@]2([NH+]=C(N)[C@@]3(C#N)[C@@H](c4ccc([N+](=O)[O-])cc4)[C@@]23C#N)O1. The molecule has 126 valence electrons. The fourth-order valence-electron chi connectivity index (χ4n) is 4.25. The van der Waals surface area contributed by atoms with E-state index in [-0.39, 0.29) is 24.2 Å². The van der Waals surface area contributed by atoms with Crippen molar-refractivity contribution >= 4 is 11.5 Å². The van der Waals surface area contributed by atoms with Crippen LogP contribution in [0.2, 0.25) is 0 Å². The number of nitro groups is 1. The molecular weight excluding hydrogens is 326 g/mol. The van der Waals surface area contributed by atoms with Gasteiger partial charge < -0.3 is 9.47 Å². The molecule has 25 heavy (non-hydrogen) atoms. The summed E-state index contributed by atoms with van der Waals surface area (Å²) in [5, 5.41) is 30.7. The van der Waals surface area contributed by atoms with E-state index in [9.17, 15) is 20.6 Å². The second kappa shape index (κ2) is 4.54. The van der Waals surface area contributed by atoms with Crippen LogP contribution in [0.1, 0.15) is 18.4 Å². The lowest BCUT2D eigenvalue weighted by Gasteiger charge is -2.23. The van der Waals surface area contributed by atoms with Crippen molar-refractivity contribution in [3.8, 4) is 12.1 Å². The number of benzene rings is 1. The summed E-state index contributed by atoms with van der Waals surface area (Å²) >= 11 is 0. The largest absolute Gasteiger partial charge is 0.343 e. The molecule has 2 aliphatic heterocycles. The van der Waals surface area contributed by atoms with Gasteiger partial charge in [-0.05, 0) is 12.5 Å². The van der Waals surface area contributed by atoms with Crippen LogP contribution in [0.15, 0.2) is 24.3 Å². The van der Waals surface area contributed by atoms with Crippen molar-refractivity contribution in [2.75, 3.05) is 6.61 Å². The lowest BCUT2D eigenvalue weighted by Crippen LogP contribution is -2.90. The molecule has 0 amide bonds. The van der Waals surface area contributed by atoms with E-state index in [1.54, 1.807) is 19.1 Å². The van der Waals surface area contributed by atoms with Crippen LogP contribution >= 0.6 is 0 Å². The molecule has 3 aliphatic rings. The van der Waals surface area contributed by atoms with E-state index in [1.807, 2.05) is 0 Å². The van der Waals surface area contributed by atoms with Crippen LogP contribution in [-0.4, -0.2) is 29.4 Å². The van der Waals surface area contributed by atoms with Gasteiger partial charge in [0.05, 0.1) is 29.8 Å². The van der Waals surface area contributed by atoms with Gasteiger partial charge in [-0.15, -0.1) is 0 Å². The Balaban J connectivity index is 1.85. The summed E-state index contributed by atoms with van der Waals surface area (Å²) in [4.78, 5) is 13.2. The maximum absolute atomic E-state index is 10.9. The molecule has 1 aromatic rings. The highest BCUT2D eigenvalue weighted by molar-refractivity contribution is 5.95. The van der Waals surface area contributed by atoms with Gasteiger partial charge in [0.1, 0.15) is 0 Å². The summed E-state index contributed by atoms with van der Waals surface area (Å²) < 4.78 is 11.6. The Kier molecular flexibility index (Phi) is 2.82. The first-order chi connectivity index (χ1) is 11.9. The Bertz CT molecular complexity index is 901. The zero-order valence-electron chi connectivity index (χ0n) is 13.2. The molecule has 9 nitrogen and oxygen atoms in total. The van der Waals surface area contributed by atoms with Gasteiger partial charge in [0, 0.05) is 18.1 Å². The van der Waals surface area contributed by atoms with Crippen LogP contribution in [0.4, 0.5) is 5.69 Å². The minimum Gasteiger partial charge on any atom is -0.311 e. The number of nitrogens with one attached hydrogen (secondary N) is 1. The normalized spacial score (nSPS) is 40.8. The van der Waals surface area contributed by atoms with Crippen LogP contribution in [0.25, 0.3) is 0 Å². The second-order valence-electron chi connectivity index (χ2n) is 6.52. The number of hydrogen-bond acceptors (Lipinski definition) is 7. The van der Waals surface area contributed by atoms with Crippen molar-refractivity contribution in [2.45, 2.75) is 24.9 Å². The minimum absolute atomic E-state index is 0.0710. The molecule has 1 saturated carbocycles. The van der Waals surface area contributed by atoms with E-state index < -0.39 is 27.6 Å². The van der Waals surface area contributed by atoms with Crippen molar-refractivity contribution in [3.05, 3.63) is 39.9 Å². The highest BCUT2D eigenvalue weighted by atomic mass is 16.8. The number of rotatable bonds is 2. The molecule has 3 N–H and O–H groups in total. The lowest BCUT2D eigenvalue weighted by molar-refractivity contribution is -0.677. The van der Waals surface area contributed by atoms with Gasteiger partial charge in [-0.1, -0.05) is 12.1 Å². The molecule has 0 bridgehead atoms. The first-order valence-corrected chi connectivity index (χ1v) is 7.68. The van der Waals surface area contributed by atoms with E-state index in [2.05, 4.69) is 17.1 Å². The predicted molar refractivity (Wildman–Crippen MR) is 81.3 cm³/mol. The Morgan fingerprint density at radius 1 is 1.36 bits per heavy atom. The van der Waals surface area contributed by atoms with Crippen molar-refractivity contribution in [3.63, 3.8) is 0 Å². The third-order valence-corrected chi connectivity index (χ3v) is 5.33. The molecule has 2 heterocycles. The summed E-state index contributed by atoms with van der Waals surface area (Å²) in [6, 6.07) is 10.1. The molecule has 2 fully saturated rings. The standard InChI is InChI=1S/C16H13N5O4/c1-9-6-24-16(25-9)15(8-18)12(14(15,7-17)13(19)20-16)10-2-4-11(5-3-10)21(22)23/h2-5,9,12H,6H2,1H3,(H2,19,20)/p+1/t9-,12+,14+,15+,16-/m0/s1. The van der Waals surface area contributed by atoms with Crippen molar-refractivity contribution in [1.29, 1.82) is 10.5 Å². The summed E-state index contributed by atoms with van der Waals surface area (Å²) in [6.45, 7) is 2.06. The van der Waals surface area contributed by atoms with Gasteiger partial charge in [0.15, 0.2) is 10.8 Å². The molecule has 5 atom stereocenters. The van der Waals surface area contributed by atoms with Gasteiger partial charge in [0.2, 0.25) is 0 Å². The second-order valence-corrected chi connectivity index (χ2v) is 6.52. The van der Waals surface area contributed by atoms with E-state index in [4.69, 9.17) is 15.2 Å². The molecule has 1 saturated heterocycles. The van der Waals surface area contributed by atoms with Crippen molar-refractivity contribution in [2.24, 2.45) is 16.6 Å². The van der Waals surface area contributed by atoms with Gasteiger partial charge in [0.25, 0.3) is 11.5 Å². The number of nitro benzene ring substituents is 1. The number of fused-ring (bicyclic) bond motifs is 2. The van der Waals surface area contributed by atoms with E-state index in [1.165, 1.54) is 12.1 Å². The summed E-state index contributed by atoms with van der Waals surface area (Å²) in [5.74, 6) is -1.98. The number of hydrogen-bond donors (Lipinski definition) is 2. The minimum atomic E-state index is -1.49. The van der Waals surface area contributed by atoms with Crippen LogP contribution in [-0.2, 0) is 9.47 Å². The van der Waals surface area contributed by atoms with Gasteiger partial charge in [-0.3, -0.25) is 15.8 Å². The average Bonchev–Trinajstić information content (AvgIpc) is 2.99. The third kappa shape index (κ3) is 1.50. The first-order valence-electron chi connectivity index (χ1n) is 7.68. The quantitative estimate of drug-likeness (QED) is 0.531. The molecule has 9 heteroatoms. The number of nitriles is 2. The van der Waals surface area contributed by atoms with Gasteiger partial charge in [-0.25, -0.2) is 4.99 Å². The van der Waals surface area contributed by atoms with Crippen LogP contribution in [0.5, 0.6) is 0 Å². The Morgan fingerprint density at radius 2 is 2.04 bits per heavy atom. The van der Waals surface area contributed by atoms with Crippen LogP contribution in [0.3, 0.4) is 0 Å². The summed E-state index contributed by atoms with van der Waals surface area (Å²) in [6.07, 6.45) is -0.266. The molecule has 1 aliphatic carbocycles. The van der Waals surface area contributed by atoms with Gasteiger partial charge >= 0.3 is 5.91 Å². The third-order valence-electron chi connectivity index (χ3n) is 5.33. The van der Waals surface area contributed by atoms with Crippen molar-refractivity contribution < 1.29 is 19.4 Å². The summed E-state index contributed by atoms with van der Waals surface area (Å²) in [5.41, 5.74) is 3.95. The van der Waals surface area contributed by atoms with E-state index in [0.29, 0.717) is 5.56 Å². The fourth-order valence-corrected chi connectivity index (χ4v) is 4.25. The number of nitrogens with two attached hydrogens (primary N) is 1. The van der Waals surface area contributed by atoms with Crippen LogP contribution < -0.4 is 10.7 Å². The summed E-state index contributed by atoms with van der Waals surface area (Å²) in [7, 11) is 0. The van der Waals surface area contributed by atoms with Crippen LogP contribution in [0, 0.1) is 43.6 Å². The zero-order valence-corrected chi connectivity index (χ0v) is 13.2. The van der Waals surface area contributed by atoms with Crippen molar-refractivity contribution in [1.82, 2.24) is 0 Å². The highest BCUT2D eigenvalue weighted by Crippen LogP contribution is 2.79. The zero-order chi connectivity index (χ0) is 18.0.